The molecule has 0 saturated carbocycles. The van der Waals surface area contributed by atoms with E-state index in [1.54, 1.807) is 37.3 Å². The molecule has 2 N–H and O–H groups in total. The Labute approximate surface area is 145 Å². The molecule has 1 aromatic heterocycles. The van der Waals surface area contributed by atoms with Crippen LogP contribution in [0.25, 0.3) is 10.9 Å². The average Bonchev–Trinajstić information content (AvgIpc) is 3.09. The Hall–Kier alpha value is -3.15. The molecule has 0 spiro atoms. The summed E-state index contributed by atoms with van der Waals surface area (Å²) in [6.07, 6.45) is 2.35. The second kappa shape index (κ2) is 7.17. The number of nitrogens with zero attached hydrogens (tertiary/aromatic N) is 2. The van der Waals surface area contributed by atoms with Gasteiger partial charge in [-0.3, -0.25) is 14.7 Å². The molecule has 6 nitrogen and oxygen atoms in total. The molecule has 0 radical (unpaired) electrons. The van der Waals surface area contributed by atoms with Gasteiger partial charge in [-0.1, -0.05) is 24.3 Å². The minimum Gasteiger partial charge on any atom is -0.352 e. The van der Waals surface area contributed by atoms with Crippen molar-refractivity contribution in [2.75, 3.05) is 20.6 Å². The van der Waals surface area contributed by atoms with E-state index in [9.17, 15) is 9.59 Å². The van der Waals surface area contributed by atoms with E-state index in [0.29, 0.717) is 24.1 Å². The highest BCUT2D eigenvalue weighted by atomic mass is 16.2. The highest BCUT2D eigenvalue weighted by Crippen LogP contribution is 2.15. The lowest BCUT2D eigenvalue weighted by atomic mass is 10.1. The lowest BCUT2D eigenvalue weighted by Crippen LogP contribution is -2.26. The summed E-state index contributed by atoms with van der Waals surface area (Å²) in [5.41, 5.74) is 2.97. The first kappa shape index (κ1) is 16.7. The highest BCUT2D eigenvalue weighted by Gasteiger charge is 2.11. The number of aromatic amines is 1. The molecule has 0 aliphatic carbocycles. The van der Waals surface area contributed by atoms with Crippen molar-refractivity contribution in [3.63, 3.8) is 0 Å². The van der Waals surface area contributed by atoms with E-state index >= 15 is 0 Å². The summed E-state index contributed by atoms with van der Waals surface area (Å²) in [6.45, 7) is 0.489. The first-order valence-electron chi connectivity index (χ1n) is 8.07. The van der Waals surface area contributed by atoms with Crippen molar-refractivity contribution >= 4 is 22.7 Å². The smallest absolute Gasteiger partial charge is 0.253 e. The monoisotopic (exact) mass is 336 g/mol. The Morgan fingerprint density at radius 1 is 1.16 bits per heavy atom. The molecule has 0 bridgehead atoms. The van der Waals surface area contributed by atoms with Crippen LogP contribution < -0.4 is 5.32 Å². The molecule has 128 valence electrons. The van der Waals surface area contributed by atoms with Gasteiger partial charge in [0, 0.05) is 31.6 Å². The van der Waals surface area contributed by atoms with Crippen molar-refractivity contribution in [2.45, 2.75) is 6.42 Å². The van der Waals surface area contributed by atoms with Gasteiger partial charge in [0.05, 0.1) is 17.3 Å². The Balaban J connectivity index is 1.63. The number of fused-ring (bicyclic) bond motifs is 1. The number of rotatable bonds is 5. The number of amides is 2. The number of aromatic nitrogens is 2. The fourth-order valence-corrected chi connectivity index (χ4v) is 2.69. The van der Waals surface area contributed by atoms with E-state index in [1.807, 2.05) is 30.3 Å². The number of carbonyl (C=O) groups excluding carboxylic acids is 2. The van der Waals surface area contributed by atoms with Crippen LogP contribution in [0.5, 0.6) is 0 Å². The van der Waals surface area contributed by atoms with Crippen LogP contribution in [0.3, 0.4) is 0 Å². The fraction of sp³-hybridized carbons (Fsp3) is 0.211. The average molecular weight is 336 g/mol. The number of carbonyl (C=O) groups is 2. The molecule has 1 heterocycles. The van der Waals surface area contributed by atoms with Crippen LogP contribution in [0, 0.1) is 0 Å². The van der Waals surface area contributed by atoms with E-state index < -0.39 is 0 Å². The van der Waals surface area contributed by atoms with Crippen molar-refractivity contribution in [1.29, 1.82) is 0 Å². The quantitative estimate of drug-likeness (QED) is 0.750. The molecule has 3 aromatic rings. The highest BCUT2D eigenvalue weighted by molar-refractivity contribution is 6.05. The van der Waals surface area contributed by atoms with Crippen molar-refractivity contribution < 1.29 is 9.59 Å². The maximum absolute atomic E-state index is 12.4. The molecule has 2 aromatic carbocycles. The number of hydrogen-bond acceptors (Lipinski definition) is 3. The molecule has 2 amide bonds. The molecule has 6 heteroatoms. The first-order valence-corrected chi connectivity index (χ1v) is 8.07. The minimum absolute atomic E-state index is 0.0307. The van der Waals surface area contributed by atoms with Crippen LogP contribution in [0.2, 0.25) is 0 Å². The van der Waals surface area contributed by atoms with E-state index in [4.69, 9.17) is 0 Å². The summed E-state index contributed by atoms with van der Waals surface area (Å²) in [5.74, 6) is -0.174. The predicted octanol–water partition coefficient (Wildman–Crippen LogP) is 2.24. The molecule has 3 rings (SSSR count). The van der Waals surface area contributed by atoms with Gasteiger partial charge in [0.25, 0.3) is 11.8 Å². The van der Waals surface area contributed by atoms with Gasteiger partial charge >= 0.3 is 0 Å². The normalized spacial score (nSPS) is 10.6. The molecule has 0 saturated heterocycles. The van der Waals surface area contributed by atoms with Crippen LogP contribution in [0.15, 0.2) is 48.7 Å². The van der Waals surface area contributed by atoms with Gasteiger partial charge in [-0.2, -0.15) is 5.10 Å². The number of para-hydroxylation sites is 1. The molecule has 0 atom stereocenters. The van der Waals surface area contributed by atoms with Crippen molar-refractivity contribution in [1.82, 2.24) is 20.4 Å². The van der Waals surface area contributed by atoms with Crippen LogP contribution in [0.1, 0.15) is 26.3 Å². The summed E-state index contributed by atoms with van der Waals surface area (Å²) in [4.78, 5) is 25.9. The molecule has 0 aliphatic rings. The second-order valence-corrected chi connectivity index (χ2v) is 6.05. The van der Waals surface area contributed by atoms with Gasteiger partial charge in [-0.15, -0.1) is 0 Å². The Morgan fingerprint density at radius 3 is 2.76 bits per heavy atom. The lowest BCUT2D eigenvalue weighted by molar-refractivity contribution is 0.0827. The van der Waals surface area contributed by atoms with E-state index in [2.05, 4.69) is 15.5 Å². The number of benzene rings is 2. The SMILES string of the molecule is CN(C)C(=O)c1cccc(CCNC(=O)c2cccc3cn[nH]c23)c1. The van der Waals surface area contributed by atoms with E-state index in [-0.39, 0.29) is 11.8 Å². The standard InChI is InChI=1S/C19H20N4O2/c1-23(2)19(25)14-6-3-5-13(11-14)9-10-20-18(24)16-8-4-7-15-12-21-22-17(15)16/h3-8,11-12H,9-10H2,1-2H3,(H,20,24)(H,21,22). The van der Waals surface area contributed by atoms with Crippen molar-refractivity contribution in [3.8, 4) is 0 Å². The minimum atomic E-state index is -0.143. The van der Waals surface area contributed by atoms with Crippen molar-refractivity contribution in [2.24, 2.45) is 0 Å². The molecule has 0 aliphatic heterocycles. The summed E-state index contributed by atoms with van der Waals surface area (Å²) in [7, 11) is 3.45. The molecule has 25 heavy (non-hydrogen) atoms. The van der Waals surface area contributed by atoms with Crippen LogP contribution in [0.4, 0.5) is 0 Å². The van der Waals surface area contributed by atoms with Gasteiger partial charge in [0.15, 0.2) is 0 Å². The van der Waals surface area contributed by atoms with Crippen LogP contribution in [-0.2, 0) is 6.42 Å². The van der Waals surface area contributed by atoms with Crippen molar-refractivity contribution in [3.05, 3.63) is 65.4 Å². The number of H-pyrrole nitrogens is 1. The zero-order chi connectivity index (χ0) is 17.8. The van der Waals surface area contributed by atoms with Crippen LogP contribution in [-0.4, -0.2) is 47.6 Å². The second-order valence-electron chi connectivity index (χ2n) is 6.05. The molecular formula is C19H20N4O2. The Bertz CT molecular complexity index is 914. The predicted molar refractivity (Wildman–Crippen MR) is 96.6 cm³/mol. The first-order chi connectivity index (χ1) is 12.1. The molecule has 0 fully saturated rings. The third-order valence-electron chi connectivity index (χ3n) is 4.00. The zero-order valence-corrected chi connectivity index (χ0v) is 14.2. The van der Waals surface area contributed by atoms with Gasteiger partial charge in [0.1, 0.15) is 0 Å². The summed E-state index contributed by atoms with van der Waals surface area (Å²) in [5, 5.41) is 10.7. The number of nitrogens with one attached hydrogen (secondary N) is 2. The van der Waals surface area contributed by atoms with Crippen LogP contribution >= 0.6 is 0 Å². The topological polar surface area (TPSA) is 78.1 Å². The van der Waals surface area contributed by atoms with Gasteiger partial charge < -0.3 is 10.2 Å². The summed E-state index contributed by atoms with van der Waals surface area (Å²) < 4.78 is 0. The molecule has 0 unspecified atom stereocenters. The maximum atomic E-state index is 12.4. The van der Waals surface area contributed by atoms with E-state index in [1.165, 1.54) is 0 Å². The fourth-order valence-electron chi connectivity index (χ4n) is 2.69. The third-order valence-corrected chi connectivity index (χ3v) is 4.00. The van der Waals surface area contributed by atoms with Gasteiger partial charge in [0.2, 0.25) is 0 Å². The van der Waals surface area contributed by atoms with Gasteiger partial charge in [-0.25, -0.2) is 0 Å². The Kier molecular flexibility index (Phi) is 4.79. The Morgan fingerprint density at radius 2 is 1.96 bits per heavy atom. The molecular weight excluding hydrogens is 316 g/mol. The number of hydrogen-bond donors (Lipinski definition) is 2. The lowest BCUT2D eigenvalue weighted by Gasteiger charge is -2.11. The zero-order valence-electron chi connectivity index (χ0n) is 14.2. The maximum Gasteiger partial charge on any atom is 0.253 e. The summed E-state index contributed by atoms with van der Waals surface area (Å²) >= 11 is 0. The summed E-state index contributed by atoms with van der Waals surface area (Å²) in [6, 6.07) is 13.0. The van der Waals surface area contributed by atoms with Gasteiger partial charge in [-0.05, 0) is 30.2 Å². The van der Waals surface area contributed by atoms with E-state index in [0.717, 1.165) is 16.5 Å². The largest absolute Gasteiger partial charge is 0.352 e. The third kappa shape index (κ3) is 3.68.